The van der Waals surface area contributed by atoms with Crippen LogP contribution >= 0.6 is 11.6 Å². The molecule has 20 heavy (non-hydrogen) atoms. The van der Waals surface area contributed by atoms with Crippen molar-refractivity contribution in [3.05, 3.63) is 21.6 Å². The first kappa shape index (κ1) is 16.9. The third kappa shape index (κ3) is 4.47. The molecule has 0 aliphatic heterocycles. The first-order chi connectivity index (χ1) is 9.51. The summed E-state index contributed by atoms with van der Waals surface area (Å²) in [6, 6.07) is 0.0438. The molecular formula is C13H22ClN3O3. The Kier molecular flexibility index (Phi) is 6.98. The zero-order chi connectivity index (χ0) is 15.1. The first-order valence-corrected chi connectivity index (χ1v) is 7.09. The quantitative estimate of drug-likeness (QED) is 0.758. The van der Waals surface area contributed by atoms with Gasteiger partial charge in [0.1, 0.15) is 5.02 Å². The number of nitrogens with one attached hydrogen (secondary N) is 1. The van der Waals surface area contributed by atoms with Gasteiger partial charge in [0.2, 0.25) is 0 Å². The van der Waals surface area contributed by atoms with Crippen molar-refractivity contribution in [1.82, 2.24) is 9.78 Å². The minimum absolute atomic E-state index is 0.0438. The molecule has 1 rings (SSSR count). The lowest BCUT2D eigenvalue weighted by molar-refractivity contribution is 0.127. The van der Waals surface area contributed by atoms with Crippen molar-refractivity contribution in [3.63, 3.8) is 0 Å². The van der Waals surface area contributed by atoms with Gasteiger partial charge >= 0.3 is 0 Å². The van der Waals surface area contributed by atoms with Crippen LogP contribution in [0.15, 0.2) is 11.0 Å². The highest BCUT2D eigenvalue weighted by molar-refractivity contribution is 6.32. The number of rotatable bonds is 8. The van der Waals surface area contributed by atoms with Crippen molar-refractivity contribution in [1.29, 1.82) is 0 Å². The van der Waals surface area contributed by atoms with E-state index in [1.807, 2.05) is 6.92 Å². The number of hydrogen-bond donors (Lipinski definition) is 2. The van der Waals surface area contributed by atoms with Crippen molar-refractivity contribution in [3.8, 4) is 0 Å². The van der Waals surface area contributed by atoms with Crippen molar-refractivity contribution in [2.45, 2.75) is 33.4 Å². The number of hydrogen-bond acceptors (Lipinski definition) is 5. The minimum atomic E-state index is -0.412. The largest absolute Gasteiger partial charge is 0.394 e. The van der Waals surface area contributed by atoms with Crippen molar-refractivity contribution in [2.75, 3.05) is 25.1 Å². The number of nitrogens with zero attached hydrogens (tertiary/aromatic N) is 2. The van der Waals surface area contributed by atoms with Crippen LogP contribution in [0.25, 0.3) is 0 Å². The van der Waals surface area contributed by atoms with Crippen LogP contribution in [0.5, 0.6) is 0 Å². The van der Waals surface area contributed by atoms with Gasteiger partial charge in [0.25, 0.3) is 5.56 Å². The summed E-state index contributed by atoms with van der Waals surface area (Å²) in [5, 5.41) is 16.1. The lowest BCUT2D eigenvalue weighted by Crippen LogP contribution is -2.33. The van der Waals surface area contributed by atoms with E-state index in [-0.39, 0.29) is 24.2 Å². The molecule has 1 aromatic heterocycles. The fourth-order valence-corrected chi connectivity index (χ4v) is 1.87. The average Bonchev–Trinajstić information content (AvgIpc) is 2.42. The van der Waals surface area contributed by atoms with Crippen LogP contribution in [0, 0.1) is 5.92 Å². The zero-order valence-electron chi connectivity index (χ0n) is 12.1. The van der Waals surface area contributed by atoms with Crippen LogP contribution in [0.4, 0.5) is 5.69 Å². The van der Waals surface area contributed by atoms with E-state index in [1.165, 1.54) is 6.20 Å². The van der Waals surface area contributed by atoms with Gasteiger partial charge in [0, 0.05) is 6.61 Å². The maximum absolute atomic E-state index is 11.9. The number of anilines is 1. The van der Waals surface area contributed by atoms with E-state index in [9.17, 15) is 4.79 Å². The Balaban J connectivity index is 2.90. The summed E-state index contributed by atoms with van der Waals surface area (Å²) in [4.78, 5) is 11.9. The average molecular weight is 304 g/mol. The molecule has 1 heterocycles. The zero-order valence-corrected chi connectivity index (χ0v) is 12.9. The first-order valence-electron chi connectivity index (χ1n) is 6.72. The third-order valence-electron chi connectivity index (χ3n) is 2.94. The molecular weight excluding hydrogens is 282 g/mol. The number of aliphatic hydroxyl groups excluding tert-OH is 1. The summed E-state index contributed by atoms with van der Waals surface area (Å²) >= 11 is 6.06. The van der Waals surface area contributed by atoms with Gasteiger partial charge in [-0.05, 0) is 12.8 Å². The molecule has 0 aromatic carbocycles. The standard InChI is InChI=1S/C13H22ClN3O3/c1-4-20-8-11(9(2)3)16-10-7-15-17(5-6-18)13(19)12(10)14/h7,9,11,16,18H,4-6,8H2,1-3H3. The molecule has 0 bridgehead atoms. The molecule has 1 atom stereocenters. The molecule has 114 valence electrons. The smallest absolute Gasteiger partial charge is 0.287 e. The van der Waals surface area contributed by atoms with E-state index in [0.29, 0.717) is 24.8 Å². The van der Waals surface area contributed by atoms with Crippen LogP contribution in [0.2, 0.25) is 5.02 Å². The predicted octanol–water partition coefficient (Wildman–Crippen LogP) is 1.36. The van der Waals surface area contributed by atoms with Crippen molar-refractivity contribution >= 4 is 17.3 Å². The van der Waals surface area contributed by atoms with E-state index < -0.39 is 5.56 Å². The normalized spacial score (nSPS) is 12.7. The fraction of sp³-hybridized carbons (Fsp3) is 0.692. The monoisotopic (exact) mass is 303 g/mol. The second-order valence-electron chi connectivity index (χ2n) is 4.78. The molecule has 0 amide bonds. The lowest BCUT2D eigenvalue weighted by atomic mass is 10.1. The summed E-state index contributed by atoms with van der Waals surface area (Å²) in [5.41, 5.74) is 0.0777. The second-order valence-corrected chi connectivity index (χ2v) is 5.16. The summed E-state index contributed by atoms with van der Waals surface area (Å²) in [6.07, 6.45) is 1.50. The van der Waals surface area contributed by atoms with E-state index in [4.69, 9.17) is 21.4 Å². The Bertz CT molecular complexity index is 476. The van der Waals surface area contributed by atoms with Gasteiger partial charge in [-0.3, -0.25) is 4.79 Å². The Morgan fingerprint density at radius 2 is 2.25 bits per heavy atom. The number of aliphatic hydroxyl groups is 1. The van der Waals surface area contributed by atoms with Crippen molar-refractivity contribution in [2.24, 2.45) is 5.92 Å². The van der Waals surface area contributed by atoms with Gasteiger partial charge in [-0.1, -0.05) is 25.4 Å². The van der Waals surface area contributed by atoms with Gasteiger partial charge in [-0.15, -0.1) is 0 Å². The van der Waals surface area contributed by atoms with E-state index in [0.717, 1.165) is 4.68 Å². The van der Waals surface area contributed by atoms with Crippen LogP contribution in [0.3, 0.4) is 0 Å². The Morgan fingerprint density at radius 3 is 2.80 bits per heavy atom. The molecule has 6 nitrogen and oxygen atoms in total. The van der Waals surface area contributed by atoms with Crippen LogP contribution < -0.4 is 10.9 Å². The molecule has 0 saturated carbocycles. The molecule has 0 fully saturated rings. The van der Waals surface area contributed by atoms with E-state index in [1.54, 1.807) is 0 Å². The highest BCUT2D eigenvalue weighted by Crippen LogP contribution is 2.18. The topological polar surface area (TPSA) is 76.4 Å². The number of halogens is 1. The van der Waals surface area contributed by atoms with E-state index >= 15 is 0 Å². The minimum Gasteiger partial charge on any atom is -0.394 e. The summed E-state index contributed by atoms with van der Waals surface area (Å²) in [6.45, 7) is 7.19. The molecule has 1 aromatic rings. The van der Waals surface area contributed by atoms with Gasteiger partial charge < -0.3 is 15.2 Å². The van der Waals surface area contributed by atoms with Crippen LogP contribution in [-0.2, 0) is 11.3 Å². The lowest BCUT2D eigenvalue weighted by Gasteiger charge is -2.23. The molecule has 0 radical (unpaired) electrons. The maximum atomic E-state index is 11.9. The summed E-state index contributed by atoms with van der Waals surface area (Å²) < 4.78 is 6.56. The van der Waals surface area contributed by atoms with E-state index in [2.05, 4.69) is 24.3 Å². The molecule has 0 spiro atoms. The third-order valence-corrected chi connectivity index (χ3v) is 3.31. The fourth-order valence-electron chi connectivity index (χ4n) is 1.67. The predicted molar refractivity (Wildman–Crippen MR) is 79.3 cm³/mol. The molecule has 2 N–H and O–H groups in total. The highest BCUT2D eigenvalue weighted by Gasteiger charge is 2.17. The molecule has 1 unspecified atom stereocenters. The molecule has 7 heteroatoms. The Labute approximate surface area is 123 Å². The number of ether oxygens (including phenoxy) is 1. The second kappa shape index (κ2) is 8.24. The van der Waals surface area contributed by atoms with Gasteiger partial charge in [-0.2, -0.15) is 5.10 Å². The van der Waals surface area contributed by atoms with Crippen molar-refractivity contribution < 1.29 is 9.84 Å². The van der Waals surface area contributed by atoms with Gasteiger partial charge in [0.05, 0.1) is 37.7 Å². The summed E-state index contributed by atoms with van der Waals surface area (Å²) in [7, 11) is 0. The van der Waals surface area contributed by atoms with Crippen LogP contribution in [-0.4, -0.2) is 40.7 Å². The highest BCUT2D eigenvalue weighted by atomic mass is 35.5. The van der Waals surface area contributed by atoms with Crippen LogP contribution in [0.1, 0.15) is 20.8 Å². The number of aromatic nitrogens is 2. The SMILES string of the molecule is CCOCC(Nc1cnn(CCO)c(=O)c1Cl)C(C)C. The summed E-state index contributed by atoms with van der Waals surface area (Å²) in [5.74, 6) is 0.317. The molecule has 0 aliphatic carbocycles. The Morgan fingerprint density at radius 1 is 1.55 bits per heavy atom. The maximum Gasteiger partial charge on any atom is 0.287 e. The van der Waals surface area contributed by atoms with Gasteiger partial charge in [0.15, 0.2) is 0 Å². The molecule has 0 saturated heterocycles. The van der Waals surface area contributed by atoms with Gasteiger partial charge in [-0.25, -0.2) is 4.68 Å². The Hall–Kier alpha value is -1.11. The molecule has 0 aliphatic rings.